The molecule has 4 rings (SSSR count). The van der Waals surface area contributed by atoms with Crippen molar-refractivity contribution in [3.8, 4) is 0 Å². The molecule has 8 heteroatoms. The van der Waals surface area contributed by atoms with Gasteiger partial charge in [-0.15, -0.1) is 11.3 Å². The van der Waals surface area contributed by atoms with Crippen LogP contribution in [0.5, 0.6) is 0 Å². The molecule has 0 saturated heterocycles. The number of rotatable bonds is 7. The van der Waals surface area contributed by atoms with Crippen LogP contribution in [-0.2, 0) is 9.53 Å². The van der Waals surface area contributed by atoms with Gasteiger partial charge >= 0.3 is 0 Å². The van der Waals surface area contributed by atoms with E-state index in [0.29, 0.717) is 22.6 Å². The minimum absolute atomic E-state index is 0.00734. The highest BCUT2D eigenvalue weighted by Crippen LogP contribution is 2.41. The summed E-state index contributed by atoms with van der Waals surface area (Å²) in [5.74, 6) is -1.63. The zero-order chi connectivity index (χ0) is 21.4. The molecule has 0 radical (unpaired) electrons. The van der Waals surface area contributed by atoms with Gasteiger partial charge in [-0.2, -0.15) is 0 Å². The summed E-state index contributed by atoms with van der Waals surface area (Å²) in [6.07, 6.45) is 0.00734. The number of thiophene rings is 1. The van der Waals surface area contributed by atoms with E-state index in [2.05, 4.69) is 0 Å². The zero-order valence-electron chi connectivity index (χ0n) is 16.4. The first-order chi connectivity index (χ1) is 14.4. The Labute approximate surface area is 182 Å². The fraction of sp³-hybridized carbons (Fsp3) is 0.273. The van der Waals surface area contributed by atoms with E-state index in [1.54, 1.807) is 24.3 Å². The molecule has 30 heavy (non-hydrogen) atoms. The molecule has 0 spiro atoms. The smallest absolute Gasteiger partial charge is 0.290 e. The number of aliphatic hydroxyl groups excluding tert-OH is 1. The number of furan rings is 1. The first kappa shape index (κ1) is 20.7. The van der Waals surface area contributed by atoms with Crippen molar-refractivity contribution in [2.75, 3.05) is 13.2 Å². The second-order valence-corrected chi connectivity index (χ2v) is 8.64. The van der Waals surface area contributed by atoms with Crippen molar-refractivity contribution in [1.82, 2.24) is 4.90 Å². The Kier molecular flexibility index (Phi) is 5.69. The lowest BCUT2D eigenvalue weighted by molar-refractivity contribution is -0.130. The lowest BCUT2D eigenvalue weighted by atomic mass is 10.00. The van der Waals surface area contributed by atoms with Crippen molar-refractivity contribution in [1.29, 1.82) is 0 Å². The van der Waals surface area contributed by atoms with Gasteiger partial charge in [-0.05, 0) is 49.6 Å². The standard InChI is InChI=1S/C22H20ClNO5S/c1-12(2)28-8-7-24-19(17-4-3-9-30-17)18(21(26)22(24)27)20(25)16-11-13-10-14(23)5-6-15(13)29-16/h3-6,9-12,19,26H,7-8H2,1-2H3. The molecule has 3 aromatic rings. The van der Waals surface area contributed by atoms with Crippen LogP contribution < -0.4 is 0 Å². The van der Waals surface area contributed by atoms with Crippen molar-refractivity contribution in [2.24, 2.45) is 0 Å². The third-order valence-electron chi connectivity index (χ3n) is 4.85. The molecule has 1 unspecified atom stereocenters. The van der Waals surface area contributed by atoms with Crippen LogP contribution >= 0.6 is 22.9 Å². The van der Waals surface area contributed by atoms with Crippen LogP contribution in [0.4, 0.5) is 0 Å². The molecule has 0 bridgehead atoms. The van der Waals surface area contributed by atoms with Gasteiger partial charge in [0.25, 0.3) is 5.91 Å². The van der Waals surface area contributed by atoms with Crippen LogP contribution in [0, 0.1) is 0 Å². The number of amides is 1. The Balaban J connectivity index is 1.71. The summed E-state index contributed by atoms with van der Waals surface area (Å²) < 4.78 is 11.3. The second kappa shape index (κ2) is 8.26. The monoisotopic (exact) mass is 445 g/mol. The molecule has 1 aromatic carbocycles. The number of hydrogen-bond donors (Lipinski definition) is 1. The number of ketones is 1. The van der Waals surface area contributed by atoms with Crippen LogP contribution in [0.1, 0.15) is 35.3 Å². The predicted octanol–water partition coefficient (Wildman–Crippen LogP) is 5.15. The molecule has 1 aliphatic heterocycles. The van der Waals surface area contributed by atoms with Gasteiger partial charge in [0.15, 0.2) is 11.5 Å². The largest absolute Gasteiger partial charge is 0.503 e. The van der Waals surface area contributed by atoms with Crippen molar-refractivity contribution in [3.63, 3.8) is 0 Å². The molecule has 0 aliphatic carbocycles. The summed E-state index contributed by atoms with van der Waals surface area (Å²) in [5, 5.41) is 13.7. The number of fused-ring (bicyclic) bond motifs is 1. The molecule has 2 aromatic heterocycles. The quantitative estimate of drug-likeness (QED) is 0.508. The van der Waals surface area contributed by atoms with Gasteiger partial charge in [0.1, 0.15) is 5.58 Å². The Morgan fingerprint density at radius 2 is 2.13 bits per heavy atom. The Morgan fingerprint density at radius 3 is 2.83 bits per heavy atom. The number of hydrogen-bond acceptors (Lipinski definition) is 6. The van der Waals surface area contributed by atoms with E-state index < -0.39 is 23.5 Å². The third-order valence-corrected chi connectivity index (χ3v) is 6.01. The first-order valence-electron chi connectivity index (χ1n) is 9.49. The van der Waals surface area contributed by atoms with Gasteiger partial charge in [0.05, 0.1) is 24.3 Å². The molecule has 6 nitrogen and oxygen atoms in total. The van der Waals surface area contributed by atoms with Crippen molar-refractivity contribution in [2.45, 2.75) is 26.0 Å². The average molecular weight is 446 g/mol. The summed E-state index contributed by atoms with van der Waals surface area (Å²) >= 11 is 7.43. The maximum absolute atomic E-state index is 13.3. The highest BCUT2D eigenvalue weighted by Gasteiger charge is 2.44. The molecule has 0 fully saturated rings. The SMILES string of the molecule is CC(C)OCCN1C(=O)C(O)=C(C(=O)c2cc3cc(Cl)ccc3o2)C1c1cccs1. The molecular formula is C22H20ClNO5S. The Bertz CT molecular complexity index is 1130. The maximum Gasteiger partial charge on any atom is 0.290 e. The molecule has 1 atom stereocenters. The fourth-order valence-electron chi connectivity index (χ4n) is 3.50. The minimum Gasteiger partial charge on any atom is -0.503 e. The fourth-order valence-corrected chi connectivity index (χ4v) is 4.53. The van der Waals surface area contributed by atoms with E-state index >= 15 is 0 Å². The summed E-state index contributed by atoms with van der Waals surface area (Å²) in [7, 11) is 0. The van der Waals surface area contributed by atoms with Gasteiger partial charge in [-0.25, -0.2) is 0 Å². The summed E-state index contributed by atoms with van der Waals surface area (Å²) in [5.41, 5.74) is 0.513. The van der Waals surface area contributed by atoms with E-state index in [-0.39, 0.29) is 24.0 Å². The average Bonchev–Trinajstić information content (AvgIpc) is 3.41. The van der Waals surface area contributed by atoms with E-state index in [1.165, 1.54) is 16.2 Å². The minimum atomic E-state index is -0.697. The molecular weight excluding hydrogens is 426 g/mol. The lowest BCUT2D eigenvalue weighted by Crippen LogP contribution is -2.34. The van der Waals surface area contributed by atoms with E-state index in [1.807, 2.05) is 31.4 Å². The van der Waals surface area contributed by atoms with Gasteiger partial charge in [-0.1, -0.05) is 17.7 Å². The molecule has 3 heterocycles. The number of carbonyl (C=O) groups excluding carboxylic acids is 2. The molecule has 1 aliphatic rings. The Hall–Kier alpha value is -2.61. The maximum atomic E-state index is 13.3. The topological polar surface area (TPSA) is 80.0 Å². The molecule has 156 valence electrons. The molecule has 0 saturated carbocycles. The van der Waals surface area contributed by atoms with Gasteiger partial charge in [0, 0.05) is 21.8 Å². The van der Waals surface area contributed by atoms with Crippen molar-refractivity contribution < 1.29 is 23.8 Å². The highest BCUT2D eigenvalue weighted by molar-refractivity contribution is 7.10. The summed E-state index contributed by atoms with van der Waals surface area (Å²) in [6.45, 7) is 4.35. The van der Waals surface area contributed by atoms with Crippen molar-refractivity contribution in [3.05, 3.63) is 68.8 Å². The number of carbonyl (C=O) groups is 2. The van der Waals surface area contributed by atoms with Gasteiger partial charge < -0.3 is 19.2 Å². The number of Topliss-reactive ketones (excluding diaryl/α,β-unsaturated/α-hetero) is 1. The Morgan fingerprint density at radius 1 is 1.33 bits per heavy atom. The van der Waals surface area contributed by atoms with Gasteiger partial charge in [0.2, 0.25) is 5.78 Å². The van der Waals surface area contributed by atoms with Crippen LogP contribution in [0.25, 0.3) is 11.0 Å². The summed E-state index contributed by atoms with van der Waals surface area (Å²) in [6, 6.07) is 9.59. The number of nitrogens with zero attached hydrogens (tertiary/aromatic N) is 1. The number of halogens is 1. The van der Waals surface area contributed by atoms with Gasteiger partial charge in [-0.3, -0.25) is 9.59 Å². The van der Waals surface area contributed by atoms with Crippen LogP contribution in [0.3, 0.4) is 0 Å². The molecule has 1 N–H and O–H groups in total. The van der Waals surface area contributed by atoms with E-state index in [0.717, 1.165) is 4.88 Å². The predicted molar refractivity (Wildman–Crippen MR) is 115 cm³/mol. The number of benzene rings is 1. The number of aliphatic hydroxyl groups is 1. The highest BCUT2D eigenvalue weighted by atomic mass is 35.5. The zero-order valence-corrected chi connectivity index (χ0v) is 18.0. The summed E-state index contributed by atoms with van der Waals surface area (Å²) in [4.78, 5) is 28.4. The van der Waals surface area contributed by atoms with Crippen LogP contribution in [0.15, 0.2) is 57.5 Å². The van der Waals surface area contributed by atoms with E-state index in [4.69, 9.17) is 20.8 Å². The second-order valence-electron chi connectivity index (χ2n) is 7.22. The van der Waals surface area contributed by atoms with E-state index in [9.17, 15) is 14.7 Å². The lowest BCUT2D eigenvalue weighted by Gasteiger charge is -2.25. The number of ether oxygens (including phenoxy) is 1. The van der Waals surface area contributed by atoms with Crippen LogP contribution in [0.2, 0.25) is 5.02 Å². The normalized spacial score (nSPS) is 17.0. The first-order valence-corrected chi connectivity index (χ1v) is 10.8. The molecule has 1 amide bonds. The van der Waals surface area contributed by atoms with Crippen LogP contribution in [-0.4, -0.2) is 41.0 Å². The third kappa shape index (κ3) is 3.76. The van der Waals surface area contributed by atoms with Crippen molar-refractivity contribution >= 4 is 45.6 Å².